The molecule has 0 heterocycles. The Morgan fingerprint density at radius 3 is 2.15 bits per heavy atom. The third-order valence-electron chi connectivity index (χ3n) is 1.46. The van der Waals surface area contributed by atoms with Gasteiger partial charge in [-0.25, -0.2) is 0 Å². The lowest BCUT2D eigenvalue weighted by Gasteiger charge is -2.08. The molecule has 13 heavy (non-hydrogen) atoms. The maximum absolute atomic E-state index is 11.6. The molecule has 0 aliphatic rings. The first-order valence-corrected chi connectivity index (χ1v) is 4.54. The smallest absolute Gasteiger partial charge is 0.317 e. The first-order valence-electron chi connectivity index (χ1n) is 4.54. The lowest BCUT2D eigenvalue weighted by Crippen LogP contribution is -2.31. The lowest BCUT2D eigenvalue weighted by molar-refractivity contribution is -0.124. The van der Waals surface area contributed by atoms with E-state index < -0.39 is 12.7 Å². The van der Waals surface area contributed by atoms with E-state index in [4.69, 9.17) is 0 Å². The van der Waals surface area contributed by atoms with Crippen LogP contribution in [0.3, 0.4) is 0 Å². The van der Waals surface area contributed by atoms with Crippen LogP contribution in [0.25, 0.3) is 0 Å². The zero-order valence-electron chi connectivity index (χ0n) is 7.88. The minimum atomic E-state index is -4.09. The van der Waals surface area contributed by atoms with Crippen LogP contribution in [0.1, 0.15) is 19.8 Å². The van der Waals surface area contributed by atoms with E-state index in [9.17, 15) is 13.2 Å². The molecule has 0 bridgehead atoms. The number of nitrogens with one attached hydrogen (secondary N) is 2. The van der Waals surface area contributed by atoms with Crippen LogP contribution in [0.5, 0.6) is 0 Å². The predicted molar refractivity (Wildman–Crippen MR) is 46.7 cm³/mol. The van der Waals surface area contributed by atoms with Crippen molar-refractivity contribution >= 4 is 0 Å². The van der Waals surface area contributed by atoms with Crippen LogP contribution < -0.4 is 10.6 Å². The molecule has 0 saturated heterocycles. The summed E-state index contributed by atoms with van der Waals surface area (Å²) in [6.45, 7) is 3.28. The van der Waals surface area contributed by atoms with E-state index in [-0.39, 0.29) is 0 Å². The van der Waals surface area contributed by atoms with Gasteiger partial charge in [0.1, 0.15) is 0 Å². The van der Waals surface area contributed by atoms with Gasteiger partial charge in [0.25, 0.3) is 0 Å². The molecule has 0 aliphatic carbocycles. The molecule has 0 aromatic rings. The van der Waals surface area contributed by atoms with Gasteiger partial charge in [0.15, 0.2) is 0 Å². The standard InChI is InChI=1S/C8H17F3N2/c1-2-4-12-5-3-6-13-7-8(9,10)11/h12-13H,2-7H2,1H3. The van der Waals surface area contributed by atoms with E-state index in [1.807, 2.05) is 0 Å². The molecule has 0 aliphatic heterocycles. The molecule has 5 heteroatoms. The minimum absolute atomic E-state index is 0.413. The largest absolute Gasteiger partial charge is 0.401 e. The zero-order valence-corrected chi connectivity index (χ0v) is 7.88. The van der Waals surface area contributed by atoms with Crippen molar-refractivity contribution in [3.05, 3.63) is 0 Å². The molecule has 0 aromatic heterocycles. The molecule has 0 atom stereocenters. The summed E-state index contributed by atoms with van der Waals surface area (Å²) < 4.78 is 34.8. The molecule has 2 nitrogen and oxygen atoms in total. The number of rotatable bonds is 7. The van der Waals surface area contributed by atoms with Crippen molar-refractivity contribution in [2.24, 2.45) is 0 Å². The van der Waals surface area contributed by atoms with Gasteiger partial charge in [-0.1, -0.05) is 6.92 Å². The molecule has 2 N–H and O–H groups in total. The first-order chi connectivity index (χ1) is 6.06. The average molecular weight is 198 g/mol. The Labute approximate surface area is 76.9 Å². The third-order valence-corrected chi connectivity index (χ3v) is 1.46. The fourth-order valence-corrected chi connectivity index (χ4v) is 0.870. The normalized spacial score (nSPS) is 12.0. The van der Waals surface area contributed by atoms with Crippen molar-refractivity contribution in [2.45, 2.75) is 25.9 Å². The van der Waals surface area contributed by atoms with Gasteiger partial charge in [0.05, 0.1) is 6.54 Å². The van der Waals surface area contributed by atoms with Gasteiger partial charge in [-0.15, -0.1) is 0 Å². The molecule has 0 fully saturated rings. The van der Waals surface area contributed by atoms with Gasteiger partial charge in [0.2, 0.25) is 0 Å². The summed E-state index contributed by atoms with van der Waals surface area (Å²) in [5.41, 5.74) is 0. The van der Waals surface area contributed by atoms with Crippen molar-refractivity contribution in [3.8, 4) is 0 Å². The van der Waals surface area contributed by atoms with Crippen LogP contribution in [-0.4, -0.2) is 32.4 Å². The Hall–Kier alpha value is -0.290. The van der Waals surface area contributed by atoms with Gasteiger partial charge in [-0.05, 0) is 32.5 Å². The molecule has 0 saturated carbocycles. The van der Waals surface area contributed by atoms with Crippen LogP contribution in [0, 0.1) is 0 Å². The Balaban J connectivity index is 3.00. The Kier molecular flexibility index (Phi) is 6.99. The summed E-state index contributed by atoms with van der Waals surface area (Å²) in [6.07, 6.45) is -2.30. The molecular weight excluding hydrogens is 181 g/mol. The SMILES string of the molecule is CCCNCCCNCC(F)(F)F. The molecule has 0 radical (unpaired) electrons. The second-order valence-corrected chi connectivity index (χ2v) is 2.90. The van der Waals surface area contributed by atoms with Crippen LogP contribution in [0.15, 0.2) is 0 Å². The highest BCUT2D eigenvalue weighted by atomic mass is 19.4. The van der Waals surface area contributed by atoms with Gasteiger partial charge >= 0.3 is 6.18 Å². The van der Waals surface area contributed by atoms with E-state index >= 15 is 0 Å². The fraction of sp³-hybridized carbons (Fsp3) is 1.00. The fourth-order valence-electron chi connectivity index (χ4n) is 0.870. The second kappa shape index (κ2) is 7.15. The highest BCUT2D eigenvalue weighted by Gasteiger charge is 2.25. The van der Waals surface area contributed by atoms with Crippen LogP contribution in [0.2, 0.25) is 0 Å². The summed E-state index contributed by atoms with van der Waals surface area (Å²) in [7, 11) is 0. The van der Waals surface area contributed by atoms with E-state index in [1.54, 1.807) is 0 Å². The highest BCUT2D eigenvalue weighted by molar-refractivity contribution is 4.56. The predicted octanol–water partition coefficient (Wildman–Crippen LogP) is 1.53. The average Bonchev–Trinajstić information content (AvgIpc) is 2.01. The molecule has 0 spiro atoms. The number of halogens is 3. The number of hydrogen-bond acceptors (Lipinski definition) is 2. The highest BCUT2D eigenvalue weighted by Crippen LogP contribution is 2.11. The summed E-state index contributed by atoms with van der Waals surface area (Å²) in [4.78, 5) is 0. The van der Waals surface area contributed by atoms with Crippen molar-refractivity contribution in [3.63, 3.8) is 0 Å². The zero-order chi connectivity index (χ0) is 10.2. The van der Waals surface area contributed by atoms with Gasteiger partial charge < -0.3 is 10.6 Å². The summed E-state index contributed by atoms with van der Waals surface area (Å²) in [5.74, 6) is 0. The Bertz CT molecular complexity index is 114. The van der Waals surface area contributed by atoms with Gasteiger partial charge in [-0.2, -0.15) is 13.2 Å². The van der Waals surface area contributed by atoms with Crippen molar-refractivity contribution < 1.29 is 13.2 Å². The van der Waals surface area contributed by atoms with Crippen LogP contribution in [-0.2, 0) is 0 Å². The second-order valence-electron chi connectivity index (χ2n) is 2.90. The van der Waals surface area contributed by atoms with Crippen LogP contribution >= 0.6 is 0 Å². The van der Waals surface area contributed by atoms with Crippen LogP contribution in [0.4, 0.5) is 13.2 Å². The molecule has 0 amide bonds. The van der Waals surface area contributed by atoms with Crippen molar-refractivity contribution in [1.29, 1.82) is 0 Å². The maximum Gasteiger partial charge on any atom is 0.401 e. The maximum atomic E-state index is 11.6. The Morgan fingerprint density at radius 1 is 1.00 bits per heavy atom. The molecule has 0 rings (SSSR count). The molecule has 80 valence electrons. The topological polar surface area (TPSA) is 24.1 Å². The number of alkyl halides is 3. The third kappa shape index (κ3) is 11.7. The quantitative estimate of drug-likeness (QED) is 0.606. The number of hydrogen-bond donors (Lipinski definition) is 2. The molecule has 0 unspecified atom stereocenters. The Morgan fingerprint density at radius 2 is 1.62 bits per heavy atom. The minimum Gasteiger partial charge on any atom is -0.317 e. The van der Waals surface area contributed by atoms with E-state index in [0.29, 0.717) is 6.54 Å². The summed E-state index contributed by atoms with van der Waals surface area (Å²) in [6, 6.07) is 0. The van der Waals surface area contributed by atoms with E-state index in [0.717, 1.165) is 25.9 Å². The molecular formula is C8H17F3N2. The molecule has 0 aromatic carbocycles. The summed E-state index contributed by atoms with van der Waals surface area (Å²) >= 11 is 0. The van der Waals surface area contributed by atoms with Crippen molar-refractivity contribution in [2.75, 3.05) is 26.2 Å². The van der Waals surface area contributed by atoms with Crippen molar-refractivity contribution in [1.82, 2.24) is 10.6 Å². The monoisotopic (exact) mass is 198 g/mol. The lowest BCUT2D eigenvalue weighted by atomic mass is 10.4. The van der Waals surface area contributed by atoms with Gasteiger partial charge in [0, 0.05) is 0 Å². The summed E-state index contributed by atoms with van der Waals surface area (Å²) in [5, 5.41) is 5.45. The first kappa shape index (κ1) is 12.7. The van der Waals surface area contributed by atoms with E-state index in [1.165, 1.54) is 0 Å². The van der Waals surface area contributed by atoms with E-state index in [2.05, 4.69) is 17.6 Å². The van der Waals surface area contributed by atoms with Gasteiger partial charge in [-0.3, -0.25) is 0 Å².